The maximum absolute atomic E-state index is 11.5. The van der Waals surface area contributed by atoms with E-state index in [0.717, 1.165) is 37.4 Å². The van der Waals surface area contributed by atoms with Gasteiger partial charge in [-0.3, -0.25) is 4.79 Å². The molecule has 0 radical (unpaired) electrons. The highest BCUT2D eigenvalue weighted by atomic mass is 16.1. The Morgan fingerprint density at radius 3 is 2.78 bits per heavy atom. The molecule has 1 fully saturated rings. The quantitative estimate of drug-likeness (QED) is 0.855. The second-order valence-electron chi connectivity index (χ2n) is 4.64. The third-order valence-corrected chi connectivity index (χ3v) is 3.30. The minimum atomic E-state index is 0.0653. The summed E-state index contributed by atoms with van der Waals surface area (Å²) in [6.45, 7) is 7.96. The van der Waals surface area contributed by atoms with Crippen LogP contribution in [0.4, 0.5) is 11.4 Å². The summed E-state index contributed by atoms with van der Waals surface area (Å²) in [5.41, 5.74) is 3.22. The summed E-state index contributed by atoms with van der Waals surface area (Å²) in [6.07, 6.45) is 0.511. The second kappa shape index (κ2) is 5.87. The highest BCUT2D eigenvalue weighted by Gasteiger charge is 2.12. The van der Waals surface area contributed by atoms with E-state index in [1.165, 1.54) is 5.69 Å². The van der Waals surface area contributed by atoms with Crippen LogP contribution in [-0.2, 0) is 4.79 Å². The van der Waals surface area contributed by atoms with Gasteiger partial charge in [0.25, 0.3) is 0 Å². The summed E-state index contributed by atoms with van der Waals surface area (Å²) in [7, 11) is 0. The van der Waals surface area contributed by atoms with Gasteiger partial charge in [0.05, 0.1) is 0 Å². The number of carbonyl (C=O) groups is 1. The van der Waals surface area contributed by atoms with Crippen LogP contribution in [0.1, 0.15) is 18.9 Å². The topological polar surface area (TPSA) is 44.4 Å². The number of hydrogen-bond donors (Lipinski definition) is 2. The standard InChI is InChI=1S/C14H21N3O/c1-3-14(18)16-13-10-12(5-4-11(13)2)17-8-6-15-7-9-17/h4-5,10,15H,3,6-9H2,1-2H3,(H,16,18). The largest absolute Gasteiger partial charge is 0.369 e. The average molecular weight is 247 g/mol. The molecule has 4 heteroatoms. The summed E-state index contributed by atoms with van der Waals surface area (Å²) in [5, 5.41) is 6.30. The molecule has 0 spiro atoms. The van der Waals surface area contributed by atoms with Crippen molar-refractivity contribution in [2.75, 3.05) is 36.4 Å². The van der Waals surface area contributed by atoms with E-state index in [9.17, 15) is 4.79 Å². The Morgan fingerprint density at radius 2 is 2.11 bits per heavy atom. The van der Waals surface area contributed by atoms with Crippen molar-refractivity contribution in [3.05, 3.63) is 23.8 Å². The summed E-state index contributed by atoms with van der Waals surface area (Å²) < 4.78 is 0. The van der Waals surface area contributed by atoms with Crippen molar-refractivity contribution in [2.24, 2.45) is 0 Å². The number of aryl methyl sites for hydroxylation is 1. The third-order valence-electron chi connectivity index (χ3n) is 3.30. The molecule has 0 aromatic heterocycles. The minimum Gasteiger partial charge on any atom is -0.369 e. The number of amides is 1. The maximum Gasteiger partial charge on any atom is 0.224 e. The molecule has 0 aliphatic carbocycles. The molecule has 1 amide bonds. The van der Waals surface area contributed by atoms with Crippen LogP contribution in [0, 0.1) is 6.92 Å². The first-order valence-corrected chi connectivity index (χ1v) is 6.57. The second-order valence-corrected chi connectivity index (χ2v) is 4.64. The number of anilines is 2. The van der Waals surface area contributed by atoms with Gasteiger partial charge < -0.3 is 15.5 Å². The van der Waals surface area contributed by atoms with Crippen LogP contribution >= 0.6 is 0 Å². The van der Waals surface area contributed by atoms with Crippen LogP contribution in [0.3, 0.4) is 0 Å². The molecule has 1 aromatic carbocycles. The van der Waals surface area contributed by atoms with Crippen LogP contribution < -0.4 is 15.5 Å². The molecule has 2 rings (SSSR count). The first-order chi connectivity index (χ1) is 8.70. The van der Waals surface area contributed by atoms with Crippen molar-refractivity contribution in [3.63, 3.8) is 0 Å². The fraction of sp³-hybridized carbons (Fsp3) is 0.500. The fourth-order valence-electron chi connectivity index (χ4n) is 2.10. The highest BCUT2D eigenvalue weighted by molar-refractivity contribution is 5.91. The molecule has 1 saturated heterocycles. The maximum atomic E-state index is 11.5. The van der Waals surface area contributed by atoms with Gasteiger partial charge in [-0.25, -0.2) is 0 Å². The smallest absolute Gasteiger partial charge is 0.224 e. The summed E-state index contributed by atoms with van der Waals surface area (Å²) in [4.78, 5) is 13.8. The van der Waals surface area contributed by atoms with Crippen LogP contribution in [0.2, 0.25) is 0 Å². The number of hydrogen-bond acceptors (Lipinski definition) is 3. The van der Waals surface area contributed by atoms with Crippen molar-refractivity contribution in [2.45, 2.75) is 20.3 Å². The van der Waals surface area contributed by atoms with Gasteiger partial charge in [0.2, 0.25) is 5.91 Å². The Balaban J connectivity index is 2.16. The molecule has 2 N–H and O–H groups in total. The lowest BCUT2D eigenvalue weighted by Crippen LogP contribution is -2.43. The molecule has 0 unspecified atom stereocenters. The predicted molar refractivity (Wildman–Crippen MR) is 75.2 cm³/mol. The van der Waals surface area contributed by atoms with Crippen molar-refractivity contribution < 1.29 is 4.79 Å². The van der Waals surface area contributed by atoms with E-state index in [4.69, 9.17) is 0 Å². The third kappa shape index (κ3) is 3.01. The average Bonchev–Trinajstić information content (AvgIpc) is 2.42. The first kappa shape index (κ1) is 12.9. The zero-order valence-corrected chi connectivity index (χ0v) is 11.1. The van der Waals surface area contributed by atoms with Crippen molar-refractivity contribution >= 4 is 17.3 Å². The van der Waals surface area contributed by atoms with Crippen LogP contribution in [0.5, 0.6) is 0 Å². The number of carbonyl (C=O) groups excluding carboxylic acids is 1. The Kier molecular flexibility index (Phi) is 4.20. The lowest BCUT2D eigenvalue weighted by atomic mass is 10.1. The molecule has 0 atom stereocenters. The Morgan fingerprint density at radius 1 is 1.39 bits per heavy atom. The lowest BCUT2D eigenvalue weighted by molar-refractivity contribution is -0.115. The SMILES string of the molecule is CCC(=O)Nc1cc(N2CCNCC2)ccc1C. The van der Waals surface area contributed by atoms with Gasteiger partial charge in [-0.1, -0.05) is 13.0 Å². The monoisotopic (exact) mass is 247 g/mol. The normalized spacial score (nSPS) is 15.6. The van der Waals surface area contributed by atoms with Gasteiger partial charge in [-0.2, -0.15) is 0 Å². The van der Waals surface area contributed by atoms with E-state index < -0.39 is 0 Å². The molecular weight excluding hydrogens is 226 g/mol. The summed E-state index contributed by atoms with van der Waals surface area (Å²) in [5.74, 6) is 0.0653. The van der Waals surface area contributed by atoms with Gasteiger partial charge >= 0.3 is 0 Å². The minimum absolute atomic E-state index is 0.0653. The van der Waals surface area contributed by atoms with Crippen molar-refractivity contribution in [1.29, 1.82) is 0 Å². The molecule has 1 heterocycles. The van der Waals surface area contributed by atoms with E-state index in [1.54, 1.807) is 0 Å². The van der Waals surface area contributed by atoms with Crippen LogP contribution in [-0.4, -0.2) is 32.1 Å². The van der Waals surface area contributed by atoms with Gasteiger partial charge in [0, 0.05) is 44.0 Å². The molecular formula is C14H21N3O. The number of rotatable bonds is 3. The summed E-state index contributed by atoms with van der Waals surface area (Å²) in [6, 6.07) is 6.28. The highest BCUT2D eigenvalue weighted by Crippen LogP contribution is 2.23. The van der Waals surface area contributed by atoms with Crippen LogP contribution in [0.15, 0.2) is 18.2 Å². The molecule has 0 saturated carbocycles. The van der Waals surface area contributed by atoms with E-state index in [0.29, 0.717) is 6.42 Å². The number of nitrogens with one attached hydrogen (secondary N) is 2. The zero-order chi connectivity index (χ0) is 13.0. The molecule has 1 aliphatic rings. The molecule has 98 valence electrons. The lowest BCUT2D eigenvalue weighted by Gasteiger charge is -2.30. The first-order valence-electron chi connectivity index (χ1n) is 6.57. The van der Waals surface area contributed by atoms with Crippen LogP contribution in [0.25, 0.3) is 0 Å². The van der Waals surface area contributed by atoms with Gasteiger partial charge in [0.1, 0.15) is 0 Å². The van der Waals surface area contributed by atoms with E-state index in [-0.39, 0.29) is 5.91 Å². The van der Waals surface area contributed by atoms with E-state index >= 15 is 0 Å². The number of nitrogens with zero attached hydrogens (tertiary/aromatic N) is 1. The zero-order valence-electron chi connectivity index (χ0n) is 11.1. The number of benzene rings is 1. The van der Waals surface area contributed by atoms with Crippen molar-refractivity contribution in [1.82, 2.24) is 5.32 Å². The van der Waals surface area contributed by atoms with Gasteiger partial charge in [-0.15, -0.1) is 0 Å². The summed E-state index contributed by atoms with van der Waals surface area (Å²) >= 11 is 0. The van der Waals surface area contributed by atoms with Gasteiger partial charge in [-0.05, 0) is 24.6 Å². The molecule has 1 aliphatic heterocycles. The molecule has 0 bridgehead atoms. The Bertz CT molecular complexity index is 425. The van der Waals surface area contributed by atoms with E-state index in [2.05, 4.69) is 33.7 Å². The molecule has 1 aromatic rings. The fourth-order valence-corrected chi connectivity index (χ4v) is 2.10. The Labute approximate surface area is 108 Å². The van der Waals surface area contributed by atoms with Crippen molar-refractivity contribution in [3.8, 4) is 0 Å². The predicted octanol–water partition coefficient (Wildman–Crippen LogP) is 1.75. The Hall–Kier alpha value is -1.55. The molecule has 18 heavy (non-hydrogen) atoms. The molecule has 4 nitrogen and oxygen atoms in total. The van der Waals surface area contributed by atoms with Gasteiger partial charge in [0.15, 0.2) is 0 Å². The number of piperazine rings is 1. The van der Waals surface area contributed by atoms with E-state index in [1.807, 2.05) is 13.8 Å².